The number of rotatable bonds is 9. The molecule has 0 radical (unpaired) electrons. The van der Waals surface area contributed by atoms with E-state index in [-0.39, 0.29) is 0 Å². The SMILES string of the molecule is COCCN(c1ccc(CNCC(C)C)cc1C)C1CC1. The van der Waals surface area contributed by atoms with Crippen molar-refractivity contribution < 1.29 is 4.74 Å². The minimum Gasteiger partial charge on any atom is -0.383 e. The first-order valence-corrected chi connectivity index (χ1v) is 8.17. The molecule has 1 aromatic carbocycles. The van der Waals surface area contributed by atoms with Crippen molar-refractivity contribution in [2.45, 2.75) is 46.2 Å². The van der Waals surface area contributed by atoms with E-state index in [2.05, 4.69) is 49.2 Å². The molecule has 0 heterocycles. The van der Waals surface area contributed by atoms with E-state index in [0.717, 1.165) is 32.3 Å². The number of methoxy groups -OCH3 is 1. The van der Waals surface area contributed by atoms with Crippen LogP contribution in [0.1, 0.15) is 37.8 Å². The number of anilines is 1. The van der Waals surface area contributed by atoms with Crippen molar-refractivity contribution in [2.75, 3.05) is 31.7 Å². The number of hydrogen-bond acceptors (Lipinski definition) is 3. The molecule has 0 unspecified atom stereocenters. The molecule has 1 aliphatic rings. The molecule has 3 nitrogen and oxygen atoms in total. The van der Waals surface area contributed by atoms with Crippen LogP contribution >= 0.6 is 0 Å². The Balaban J connectivity index is 1.99. The Hall–Kier alpha value is -1.06. The van der Waals surface area contributed by atoms with Crippen LogP contribution < -0.4 is 10.2 Å². The van der Waals surface area contributed by atoms with Crippen LogP contribution in [0.2, 0.25) is 0 Å². The van der Waals surface area contributed by atoms with E-state index in [1.165, 1.54) is 29.7 Å². The van der Waals surface area contributed by atoms with Crippen LogP contribution in [-0.2, 0) is 11.3 Å². The molecule has 1 aromatic rings. The Bertz CT molecular complexity index is 441. The maximum absolute atomic E-state index is 5.26. The number of nitrogens with zero attached hydrogens (tertiary/aromatic N) is 1. The summed E-state index contributed by atoms with van der Waals surface area (Å²) in [6.07, 6.45) is 2.64. The Morgan fingerprint density at radius 1 is 1.33 bits per heavy atom. The summed E-state index contributed by atoms with van der Waals surface area (Å²) in [5.74, 6) is 0.699. The van der Waals surface area contributed by atoms with E-state index >= 15 is 0 Å². The van der Waals surface area contributed by atoms with Crippen LogP contribution in [-0.4, -0.2) is 32.8 Å². The lowest BCUT2D eigenvalue weighted by Gasteiger charge is -2.26. The van der Waals surface area contributed by atoms with E-state index in [1.807, 2.05) is 0 Å². The van der Waals surface area contributed by atoms with Crippen molar-refractivity contribution in [3.8, 4) is 0 Å². The summed E-state index contributed by atoms with van der Waals surface area (Å²) in [6, 6.07) is 7.60. The summed E-state index contributed by atoms with van der Waals surface area (Å²) in [7, 11) is 1.78. The lowest BCUT2D eigenvalue weighted by Crippen LogP contribution is -2.30. The van der Waals surface area contributed by atoms with E-state index in [0.29, 0.717) is 5.92 Å². The molecule has 21 heavy (non-hydrogen) atoms. The molecule has 3 heteroatoms. The number of nitrogens with one attached hydrogen (secondary N) is 1. The third-order valence-electron chi connectivity index (χ3n) is 3.98. The van der Waals surface area contributed by atoms with Gasteiger partial charge in [-0.3, -0.25) is 0 Å². The molecule has 0 spiro atoms. The molecule has 0 atom stereocenters. The predicted molar refractivity (Wildman–Crippen MR) is 90.0 cm³/mol. The Labute approximate surface area is 129 Å². The summed E-state index contributed by atoms with van der Waals surface area (Å²) in [6.45, 7) is 10.5. The van der Waals surface area contributed by atoms with Crippen LogP contribution in [0.15, 0.2) is 18.2 Å². The molecular weight excluding hydrogens is 260 g/mol. The molecule has 0 amide bonds. The summed E-state index contributed by atoms with van der Waals surface area (Å²) in [5, 5.41) is 3.51. The van der Waals surface area contributed by atoms with Crippen LogP contribution in [0.3, 0.4) is 0 Å². The highest BCUT2D eigenvalue weighted by molar-refractivity contribution is 5.56. The van der Waals surface area contributed by atoms with Crippen LogP contribution in [0.5, 0.6) is 0 Å². The van der Waals surface area contributed by atoms with Crippen molar-refractivity contribution >= 4 is 5.69 Å². The number of benzene rings is 1. The highest BCUT2D eigenvalue weighted by atomic mass is 16.5. The molecule has 1 fully saturated rings. The number of aryl methyl sites for hydroxylation is 1. The van der Waals surface area contributed by atoms with Gasteiger partial charge >= 0.3 is 0 Å². The second-order valence-corrected chi connectivity index (χ2v) is 6.56. The van der Waals surface area contributed by atoms with Gasteiger partial charge in [-0.2, -0.15) is 0 Å². The Morgan fingerprint density at radius 3 is 2.67 bits per heavy atom. The predicted octanol–water partition coefficient (Wildman–Crippen LogP) is 3.36. The maximum Gasteiger partial charge on any atom is 0.0637 e. The molecule has 1 N–H and O–H groups in total. The van der Waals surface area contributed by atoms with Crippen molar-refractivity contribution in [1.29, 1.82) is 0 Å². The monoisotopic (exact) mass is 290 g/mol. The molecule has 2 rings (SSSR count). The molecule has 0 saturated heterocycles. The lowest BCUT2D eigenvalue weighted by molar-refractivity contribution is 0.205. The minimum atomic E-state index is 0.699. The van der Waals surface area contributed by atoms with Gasteiger partial charge in [0.15, 0.2) is 0 Å². The highest BCUT2D eigenvalue weighted by Gasteiger charge is 2.29. The third-order valence-corrected chi connectivity index (χ3v) is 3.98. The van der Waals surface area contributed by atoms with Gasteiger partial charge in [-0.05, 0) is 49.4 Å². The standard InChI is InChI=1S/C18H30N2O/c1-14(2)12-19-13-16-5-8-18(15(3)11-16)20(9-10-21-4)17-6-7-17/h5,8,11,14,17,19H,6-7,9-10,12-13H2,1-4H3. The van der Waals surface area contributed by atoms with Crippen molar-refractivity contribution in [2.24, 2.45) is 5.92 Å². The van der Waals surface area contributed by atoms with E-state index in [1.54, 1.807) is 7.11 Å². The molecule has 0 bridgehead atoms. The molecule has 1 aliphatic carbocycles. The maximum atomic E-state index is 5.26. The first-order valence-electron chi connectivity index (χ1n) is 8.17. The third kappa shape index (κ3) is 5.01. The van der Waals surface area contributed by atoms with Gasteiger partial charge in [0.1, 0.15) is 0 Å². The van der Waals surface area contributed by atoms with Crippen LogP contribution in [0, 0.1) is 12.8 Å². The average Bonchev–Trinajstić information content (AvgIpc) is 3.25. The quantitative estimate of drug-likeness (QED) is 0.755. The van der Waals surface area contributed by atoms with Gasteiger partial charge in [0.05, 0.1) is 6.61 Å². The summed E-state index contributed by atoms with van der Waals surface area (Å²) in [5.41, 5.74) is 4.13. The molecule has 0 aliphatic heterocycles. The Morgan fingerprint density at radius 2 is 2.10 bits per heavy atom. The number of ether oxygens (including phenoxy) is 1. The van der Waals surface area contributed by atoms with Gasteiger partial charge < -0.3 is 15.0 Å². The van der Waals surface area contributed by atoms with Gasteiger partial charge in [-0.1, -0.05) is 26.0 Å². The van der Waals surface area contributed by atoms with Gasteiger partial charge in [0.2, 0.25) is 0 Å². The molecule has 1 saturated carbocycles. The van der Waals surface area contributed by atoms with Crippen molar-refractivity contribution in [3.05, 3.63) is 29.3 Å². The second-order valence-electron chi connectivity index (χ2n) is 6.56. The molecular formula is C18H30N2O. The second kappa shape index (κ2) is 7.81. The average molecular weight is 290 g/mol. The van der Waals surface area contributed by atoms with Crippen molar-refractivity contribution in [1.82, 2.24) is 5.32 Å². The first kappa shape index (κ1) is 16.3. The summed E-state index contributed by atoms with van der Waals surface area (Å²) in [4.78, 5) is 2.52. The minimum absolute atomic E-state index is 0.699. The highest BCUT2D eigenvalue weighted by Crippen LogP contribution is 2.33. The Kier molecular flexibility index (Phi) is 6.07. The molecule has 118 valence electrons. The lowest BCUT2D eigenvalue weighted by atomic mass is 10.1. The molecule has 0 aromatic heterocycles. The van der Waals surface area contributed by atoms with E-state index < -0.39 is 0 Å². The zero-order valence-electron chi connectivity index (χ0n) is 14.0. The van der Waals surface area contributed by atoms with E-state index in [9.17, 15) is 0 Å². The van der Waals surface area contributed by atoms with Gasteiger partial charge in [-0.25, -0.2) is 0 Å². The van der Waals surface area contributed by atoms with Crippen LogP contribution in [0.25, 0.3) is 0 Å². The fourth-order valence-electron chi connectivity index (χ4n) is 2.73. The van der Waals surface area contributed by atoms with Crippen LogP contribution in [0.4, 0.5) is 5.69 Å². The number of hydrogen-bond donors (Lipinski definition) is 1. The van der Waals surface area contributed by atoms with Gasteiger partial charge in [0, 0.05) is 31.9 Å². The fraction of sp³-hybridized carbons (Fsp3) is 0.667. The zero-order chi connectivity index (χ0) is 15.2. The van der Waals surface area contributed by atoms with Gasteiger partial charge in [0.25, 0.3) is 0 Å². The van der Waals surface area contributed by atoms with Gasteiger partial charge in [-0.15, -0.1) is 0 Å². The summed E-state index contributed by atoms with van der Waals surface area (Å²) < 4.78 is 5.26. The van der Waals surface area contributed by atoms with E-state index in [4.69, 9.17) is 4.74 Å². The summed E-state index contributed by atoms with van der Waals surface area (Å²) >= 11 is 0. The normalized spacial score (nSPS) is 14.7. The largest absolute Gasteiger partial charge is 0.383 e. The first-order chi connectivity index (χ1) is 10.1. The fourth-order valence-corrected chi connectivity index (χ4v) is 2.73. The topological polar surface area (TPSA) is 24.5 Å². The zero-order valence-corrected chi connectivity index (χ0v) is 14.0. The van der Waals surface area contributed by atoms with Crippen molar-refractivity contribution in [3.63, 3.8) is 0 Å². The smallest absolute Gasteiger partial charge is 0.0637 e.